The van der Waals surface area contributed by atoms with E-state index in [1.165, 1.54) is 19.2 Å². The predicted octanol–water partition coefficient (Wildman–Crippen LogP) is 4.75. The van der Waals surface area contributed by atoms with Crippen molar-refractivity contribution >= 4 is 21.6 Å². The number of carbonyl (C=O) groups excluding carboxylic acids is 1. The van der Waals surface area contributed by atoms with Crippen molar-refractivity contribution in [3.63, 3.8) is 0 Å². The minimum Gasteiger partial charge on any atom is -0.491 e. The highest BCUT2D eigenvalue weighted by Gasteiger charge is 2.79. The Balaban J connectivity index is 1.56. The smallest absolute Gasteiger partial charge is 0.416 e. The van der Waals surface area contributed by atoms with Crippen LogP contribution in [0, 0.1) is 5.41 Å². The zero-order chi connectivity index (χ0) is 27.3. The van der Waals surface area contributed by atoms with Crippen LogP contribution < -0.4 is 14.8 Å². The lowest BCUT2D eigenvalue weighted by Crippen LogP contribution is -2.78. The minimum atomic E-state index is -4.84. The Hall–Kier alpha value is -3.00. The number of hydrogen-bond donors (Lipinski definition) is 2. The van der Waals surface area contributed by atoms with Gasteiger partial charge < -0.3 is 14.8 Å². The summed E-state index contributed by atoms with van der Waals surface area (Å²) < 4.78 is 117. The monoisotopic (exact) mass is 552 g/mol. The van der Waals surface area contributed by atoms with Crippen molar-refractivity contribution in [2.45, 2.75) is 42.0 Å². The lowest BCUT2D eigenvalue weighted by atomic mass is 9.39. The molecule has 2 aromatic carbocycles. The topological polar surface area (TPSA) is 93.7 Å². The summed E-state index contributed by atoms with van der Waals surface area (Å²) >= 11 is 0. The molecule has 3 aliphatic carbocycles. The van der Waals surface area contributed by atoms with Gasteiger partial charge >= 0.3 is 12.4 Å². The van der Waals surface area contributed by atoms with Gasteiger partial charge in [0, 0.05) is 12.6 Å². The molecule has 0 radical (unpaired) electrons. The summed E-state index contributed by atoms with van der Waals surface area (Å²) in [5.41, 5.74) is -5.31. The zero-order valence-corrected chi connectivity index (χ0v) is 20.1. The summed E-state index contributed by atoms with van der Waals surface area (Å²) in [5.74, 6) is -0.658. The van der Waals surface area contributed by atoms with E-state index in [0.29, 0.717) is 24.5 Å². The van der Waals surface area contributed by atoms with Crippen molar-refractivity contribution in [1.29, 1.82) is 0 Å². The van der Waals surface area contributed by atoms with E-state index in [9.17, 15) is 39.6 Å². The quantitative estimate of drug-likeness (QED) is 0.346. The van der Waals surface area contributed by atoms with Crippen LogP contribution in [0.5, 0.6) is 5.75 Å². The van der Waals surface area contributed by atoms with Gasteiger partial charge in [0.15, 0.2) is 0 Å². The molecule has 3 fully saturated rings. The molecule has 2 aromatic rings. The van der Waals surface area contributed by atoms with Crippen molar-refractivity contribution in [1.82, 2.24) is 5.32 Å². The Morgan fingerprint density at radius 3 is 2.14 bits per heavy atom. The molecule has 1 amide bonds. The number of hydrogen-bond acceptors (Lipinski definition) is 5. The number of amides is 1. The van der Waals surface area contributed by atoms with Crippen LogP contribution in [0.15, 0.2) is 47.4 Å². The van der Waals surface area contributed by atoms with E-state index in [1.54, 1.807) is 0 Å². The van der Waals surface area contributed by atoms with Crippen LogP contribution in [-0.2, 0) is 20.9 Å². The first-order valence-electron chi connectivity index (χ1n) is 11.0. The lowest BCUT2D eigenvalue weighted by Gasteiger charge is -2.70. The molecule has 0 heterocycles. The van der Waals surface area contributed by atoms with E-state index in [4.69, 9.17) is 9.47 Å². The summed E-state index contributed by atoms with van der Waals surface area (Å²) in [6, 6.07) is 6.85. The van der Waals surface area contributed by atoms with Crippen LogP contribution in [0.3, 0.4) is 0 Å². The van der Waals surface area contributed by atoms with Crippen LogP contribution in [0.1, 0.15) is 35.2 Å². The molecule has 0 saturated heterocycles. The van der Waals surface area contributed by atoms with Crippen molar-refractivity contribution in [3.8, 4) is 5.75 Å². The molecular weight excluding hydrogens is 530 g/mol. The SMILES string of the molecule is COCCOc1ccc(S(=O)(=O)Nc2cc(C(F)(F)F)ccc2C(=O)NC23CC(C(F)(F)F)(C2)C3)cc1. The molecule has 7 nitrogen and oxygen atoms in total. The van der Waals surface area contributed by atoms with Gasteiger partial charge in [0.1, 0.15) is 12.4 Å². The van der Waals surface area contributed by atoms with Gasteiger partial charge in [0.25, 0.3) is 15.9 Å². The van der Waals surface area contributed by atoms with E-state index in [0.717, 1.165) is 18.2 Å². The number of nitrogens with one attached hydrogen (secondary N) is 2. The number of ether oxygens (including phenoxy) is 2. The number of benzene rings is 2. The predicted molar refractivity (Wildman–Crippen MR) is 119 cm³/mol. The van der Waals surface area contributed by atoms with Gasteiger partial charge in [-0.3, -0.25) is 9.52 Å². The number of sulfonamides is 1. The fourth-order valence-electron chi connectivity index (χ4n) is 4.69. The van der Waals surface area contributed by atoms with Crippen LogP contribution in [0.25, 0.3) is 0 Å². The summed E-state index contributed by atoms with van der Waals surface area (Å²) in [6.07, 6.45) is -10.3. The average molecular weight is 552 g/mol. The van der Waals surface area contributed by atoms with Gasteiger partial charge in [0.05, 0.1) is 33.7 Å². The highest BCUT2D eigenvalue weighted by atomic mass is 32.2. The molecule has 5 rings (SSSR count). The van der Waals surface area contributed by atoms with Crippen molar-refractivity contribution in [3.05, 3.63) is 53.6 Å². The summed E-state index contributed by atoms with van der Waals surface area (Å²) in [7, 11) is -2.98. The number of alkyl halides is 6. The molecule has 3 saturated carbocycles. The number of methoxy groups -OCH3 is 1. The Labute approximate surface area is 208 Å². The molecule has 0 unspecified atom stereocenters. The zero-order valence-electron chi connectivity index (χ0n) is 19.3. The first kappa shape index (κ1) is 27.0. The van der Waals surface area contributed by atoms with Gasteiger partial charge in [-0.25, -0.2) is 8.42 Å². The maximum atomic E-state index is 13.3. The Bertz CT molecular complexity index is 1270. The molecule has 2 bridgehead atoms. The normalized spacial score (nSPS) is 23.0. The summed E-state index contributed by atoms with van der Waals surface area (Å²) in [5, 5.41) is 2.45. The molecule has 14 heteroatoms. The van der Waals surface area contributed by atoms with Crippen molar-refractivity contribution in [2.75, 3.05) is 25.0 Å². The van der Waals surface area contributed by atoms with Gasteiger partial charge in [-0.15, -0.1) is 0 Å². The molecule has 0 atom stereocenters. The van der Waals surface area contributed by atoms with E-state index < -0.39 is 56.1 Å². The highest BCUT2D eigenvalue weighted by molar-refractivity contribution is 7.92. The fourth-order valence-corrected chi connectivity index (χ4v) is 5.76. The van der Waals surface area contributed by atoms with E-state index in [2.05, 4.69) is 5.32 Å². The van der Waals surface area contributed by atoms with Crippen LogP contribution in [0.4, 0.5) is 32.0 Å². The van der Waals surface area contributed by atoms with Crippen molar-refractivity contribution in [2.24, 2.45) is 5.41 Å². The Morgan fingerprint density at radius 2 is 1.59 bits per heavy atom. The second-order valence-corrected chi connectivity index (χ2v) is 10.9. The van der Waals surface area contributed by atoms with Crippen molar-refractivity contribution < 1.29 is 49.0 Å². The Kier molecular flexibility index (Phi) is 6.64. The van der Waals surface area contributed by atoms with E-state index >= 15 is 0 Å². The van der Waals surface area contributed by atoms with E-state index in [1.807, 2.05) is 4.72 Å². The number of anilines is 1. The molecular formula is C23H22F6N2O5S. The first-order chi connectivity index (χ1) is 17.1. The molecule has 0 aliphatic heterocycles. The van der Waals surface area contributed by atoms with Gasteiger partial charge in [0.2, 0.25) is 0 Å². The molecule has 0 aromatic heterocycles. The van der Waals surface area contributed by atoms with E-state index in [-0.39, 0.29) is 30.8 Å². The highest BCUT2D eigenvalue weighted by Crippen LogP contribution is 2.73. The minimum absolute atomic E-state index is 0.204. The summed E-state index contributed by atoms with van der Waals surface area (Å²) in [4.78, 5) is 12.6. The standard InChI is InChI=1S/C23H22F6N2O5S/c1-35-8-9-36-15-3-5-16(6-4-15)37(33,34)31-18-10-14(22(24,25)26)2-7-17(18)19(32)30-21-11-20(12-21,13-21)23(27,28)29/h2-7,10,31H,8-9,11-13H2,1H3,(H,30,32). The van der Waals surface area contributed by atoms with Crippen LogP contribution in [0.2, 0.25) is 0 Å². The van der Waals surface area contributed by atoms with Gasteiger partial charge in [-0.1, -0.05) is 0 Å². The number of halogens is 6. The van der Waals surface area contributed by atoms with Crippen LogP contribution >= 0.6 is 0 Å². The molecule has 2 N–H and O–H groups in total. The molecule has 0 spiro atoms. The third-order valence-corrected chi connectivity index (χ3v) is 7.92. The summed E-state index contributed by atoms with van der Waals surface area (Å²) in [6.45, 7) is 0.496. The third-order valence-electron chi connectivity index (χ3n) is 6.54. The lowest BCUT2D eigenvalue weighted by molar-refractivity contribution is -0.336. The largest absolute Gasteiger partial charge is 0.491 e. The molecule has 37 heavy (non-hydrogen) atoms. The van der Waals surface area contributed by atoms with Crippen LogP contribution in [-0.4, -0.2) is 46.4 Å². The molecule has 202 valence electrons. The maximum absolute atomic E-state index is 13.3. The second-order valence-electron chi connectivity index (χ2n) is 9.22. The second kappa shape index (κ2) is 9.08. The molecule has 3 aliphatic rings. The maximum Gasteiger partial charge on any atom is 0.416 e. The number of rotatable bonds is 9. The Morgan fingerprint density at radius 1 is 0.973 bits per heavy atom. The number of carbonyl (C=O) groups is 1. The average Bonchev–Trinajstić information content (AvgIpc) is 2.74. The first-order valence-corrected chi connectivity index (χ1v) is 12.4. The fraction of sp³-hybridized carbons (Fsp3) is 0.435. The third kappa shape index (κ3) is 5.21. The van der Waals surface area contributed by atoms with Gasteiger partial charge in [-0.2, -0.15) is 26.3 Å². The van der Waals surface area contributed by atoms with Gasteiger partial charge in [-0.05, 0) is 61.7 Å².